The highest BCUT2D eigenvalue weighted by molar-refractivity contribution is 9.42. The van der Waals surface area contributed by atoms with Gasteiger partial charge in [0.2, 0.25) is 3.42 Å². The molecule has 0 aromatic heterocycles. The third-order valence-electron chi connectivity index (χ3n) is 1.51. The molecule has 0 aliphatic rings. The van der Waals surface area contributed by atoms with Gasteiger partial charge in [-0.05, 0) is 31.9 Å². The van der Waals surface area contributed by atoms with Gasteiger partial charge >= 0.3 is 0 Å². The van der Waals surface area contributed by atoms with Crippen molar-refractivity contribution in [1.29, 1.82) is 0 Å². The highest BCUT2D eigenvalue weighted by Gasteiger charge is 2.70. The van der Waals surface area contributed by atoms with E-state index in [1.807, 2.05) is 0 Å². The molecule has 0 saturated heterocycles. The van der Waals surface area contributed by atoms with Gasteiger partial charge in [0.05, 0.1) is 0 Å². The first-order valence-corrected chi connectivity index (χ1v) is 12.0. The Bertz CT molecular complexity index is 255. The molecular weight excluding hydrogens is 955 g/mol. The smallest absolute Gasteiger partial charge is 0.202 e. The van der Waals surface area contributed by atoms with Crippen molar-refractivity contribution in [3.63, 3.8) is 0 Å². The van der Waals surface area contributed by atoms with Gasteiger partial charge in [-0.3, -0.25) is 0 Å². The van der Waals surface area contributed by atoms with E-state index < -0.39 is 15.3 Å². The van der Waals surface area contributed by atoms with Crippen LogP contribution in [0.25, 0.3) is 0 Å². The van der Waals surface area contributed by atoms with Crippen LogP contribution < -0.4 is 0 Å². The van der Waals surface area contributed by atoms with E-state index in [0.29, 0.717) is 0 Å². The molecule has 0 aliphatic heterocycles. The molecule has 0 rings (SSSR count). The first-order valence-electron chi connectivity index (χ1n) is 3.28. The minimum absolute atomic E-state index is 0.759. The lowest BCUT2D eigenvalue weighted by atomic mass is 10.2. The molecule has 0 N–H and O–H groups in total. The van der Waals surface area contributed by atoms with Crippen LogP contribution >= 0.6 is 175 Å². The van der Waals surface area contributed by atoms with Crippen molar-refractivity contribution in [3.05, 3.63) is 0 Å². The Hall–Kier alpha value is 5.24. The van der Waals surface area contributed by atoms with Gasteiger partial charge in [0, 0.05) is 0 Å². The fourth-order valence-corrected chi connectivity index (χ4v) is 8.11. The molecule has 0 aromatic rings. The van der Waals surface area contributed by atoms with E-state index in [2.05, 4.69) is 175 Å². The number of hydrogen-bond donors (Lipinski definition) is 0. The molecule has 0 bridgehead atoms. The highest BCUT2D eigenvalue weighted by Crippen LogP contribution is 2.71. The molecule has 0 spiro atoms. The number of hydrogen-bond acceptors (Lipinski definition) is 0. The second-order valence-electron chi connectivity index (χ2n) is 2.74. The van der Waals surface area contributed by atoms with Crippen molar-refractivity contribution in [1.82, 2.24) is 0 Å². The third kappa shape index (κ3) is 4.62. The first-order chi connectivity index (χ1) is 7.00. The molecule has 1 nitrogen and oxygen atoms in total. The van der Waals surface area contributed by atoms with Crippen LogP contribution in [-0.4, -0.2) is 15.3 Å². The van der Waals surface area contributed by atoms with Crippen LogP contribution in [0.3, 0.4) is 0 Å². The summed E-state index contributed by atoms with van der Waals surface area (Å²) in [6.07, 6.45) is 0. The van der Waals surface area contributed by atoms with E-state index >= 15 is 0 Å². The summed E-state index contributed by atoms with van der Waals surface area (Å²) in [7, 11) is 0. The Labute approximate surface area is 192 Å². The van der Waals surface area contributed by atoms with E-state index in [-0.39, 0.29) is 0 Å². The Morgan fingerprint density at radius 3 is 0.941 bits per heavy atom. The molecule has 17 heavy (non-hydrogen) atoms. The van der Waals surface area contributed by atoms with Gasteiger partial charge in [0.15, 0.2) is 5.38 Å². The summed E-state index contributed by atoms with van der Waals surface area (Å²) in [5.41, 5.74) is 0. The van der Waals surface area contributed by atoms with Crippen LogP contribution in [0.1, 0.15) is 0 Å². The SMILES string of the molecule is [O]C(Br)(Br)C(Br)(Br)C(Br)(Br)C(Br)(Br)C(Br)(Br)Br. The van der Waals surface area contributed by atoms with Crippen LogP contribution in [0.4, 0.5) is 0 Å². The molecule has 0 aliphatic carbocycles. The van der Waals surface area contributed by atoms with Crippen LogP contribution in [0, 0.1) is 0 Å². The lowest BCUT2D eigenvalue weighted by molar-refractivity contribution is 0.137. The third-order valence-corrected chi connectivity index (χ3v) is 21.1. The molecule has 0 unspecified atom stereocenters. The highest BCUT2D eigenvalue weighted by atomic mass is 80.0. The number of halogens is 11. The van der Waals surface area contributed by atoms with Gasteiger partial charge in [0.1, 0.15) is 6.47 Å². The molecule has 0 fully saturated rings. The van der Waals surface area contributed by atoms with Gasteiger partial charge in [-0.2, -0.15) is 0 Å². The molecule has 0 amide bonds. The number of alkyl halides is 11. The average Bonchev–Trinajstić information content (AvgIpc) is 1.98. The second kappa shape index (κ2) is 7.01. The predicted octanol–water partition coefficient (Wildman–Crippen LogP) is 8.16. The topological polar surface area (TPSA) is 19.9 Å². The van der Waals surface area contributed by atoms with Gasteiger partial charge in [0.25, 0.3) is 0 Å². The largest absolute Gasteiger partial charge is 0.239 e. The summed E-state index contributed by atoms with van der Waals surface area (Å²) in [6, 6.07) is 0. The lowest BCUT2D eigenvalue weighted by Gasteiger charge is -2.48. The minimum Gasteiger partial charge on any atom is -0.202 e. The maximum Gasteiger partial charge on any atom is 0.239 e. The van der Waals surface area contributed by atoms with Crippen molar-refractivity contribution < 1.29 is 5.11 Å². The second-order valence-corrected chi connectivity index (χ2v) is 23.1. The summed E-state index contributed by atoms with van der Waals surface area (Å²) in [5.74, 6) is 0. The average molecular weight is 955 g/mol. The summed E-state index contributed by atoms with van der Waals surface area (Å²) in [4.78, 5) is 0. The van der Waals surface area contributed by atoms with Gasteiger partial charge in [-0.25, -0.2) is 5.11 Å². The molecular formula is C5Br11O. The monoisotopic (exact) mass is 944 g/mol. The van der Waals surface area contributed by atoms with Crippen LogP contribution in [-0.2, 0) is 5.11 Å². The maximum absolute atomic E-state index is 12.1. The Morgan fingerprint density at radius 2 is 0.765 bits per heavy atom. The predicted molar refractivity (Wildman–Crippen MR) is 113 cm³/mol. The van der Waals surface area contributed by atoms with Crippen molar-refractivity contribution in [2.45, 2.75) is 15.3 Å². The standard InChI is InChI=1S/C5Br11O/c6-1(7,2(8,9)4(12,13)14)3(10,11)5(15,16)17. The fourth-order valence-electron chi connectivity index (χ4n) is 0.558. The Morgan fingerprint density at radius 1 is 0.471 bits per heavy atom. The zero-order valence-corrected chi connectivity index (χ0v) is 24.5. The number of rotatable bonds is 3. The van der Waals surface area contributed by atoms with Gasteiger partial charge in [-0.1, -0.05) is 143 Å². The van der Waals surface area contributed by atoms with E-state index in [0.717, 1.165) is 0 Å². The zero-order chi connectivity index (χ0) is 14.5. The van der Waals surface area contributed by atoms with Crippen LogP contribution in [0.2, 0.25) is 0 Å². The summed E-state index contributed by atoms with van der Waals surface area (Å²) in [6.45, 7) is 0. The van der Waals surface area contributed by atoms with Crippen molar-refractivity contribution in [2.24, 2.45) is 0 Å². The van der Waals surface area contributed by atoms with E-state index in [4.69, 9.17) is 0 Å². The van der Waals surface area contributed by atoms with E-state index in [9.17, 15) is 5.11 Å². The van der Waals surface area contributed by atoms with Crippen molar-refractivity contribution >= 4 is 175 Å². The van der Waals surface area contributed by atoms with Crippen LogP contribution in [0.5, 0.6) is 0 Å². The molecule has 0 saturated carbocycles. The summed E-state index contributed by atoms with van der Waals surface area (Å²) >= 11 is 36.9. The molecule has 12 heteroatoms. The minimum atomic E-state index is -1.70. The van der Waals surface area contributed by atoms with E-state index in [1.54, 1.807) is 0 Å². The van der Waals surface area contributed by atoms with Gasteiger partial charge < -0.3 is 0 Å². The summed E-state index contributed by atoms with van der Waals surface area (Å²) in [5, 5.41) is 12.1. The van der Waals surface area contributed by atoms with Crippen molar-refractivity contribution in [2.75, 3.05) is 0 Å². The maximum atomic E-state index is 12.1. The first kappa shape index (κ1) is 22.2. The quantitative estimate of drug-likeness (QED) is 0.255. The van der Waals surface area contributed by atoms with Gasteiger partial charge in [-0.15, -0.1) is 0 Å². The molecule has 1 radical (unpaired) electrons. The molecule has 103 valence electrons. The Balaban J connectivity index is 5.73. The lowest BCUT2D eigenvalue weighted by Crippen LogP contribution is -2.59. The molecule has 0 heterocycles. The van der Waals surface area contributed by atoms with Crippen molar-refractivity contribution in [3.8, 4) is 0 Å². The fraction of sp³-hybridized carbons (Fsp3) is 1.00. The molecule has 0 atom stereocenters. The zero-order valence-electron chi connectivity index (χ0n) is 7.07. The summed E-state index contributed by atoms with van der Waals surface area (Å²) < 4.78 is -5.50. The Kier molecular flexibility index (Phi) is 9.17. The normalized spacial score (nSPS) is 16.2. The van der Waals surface area contributed by atoms with E-state index in [1.165, 1.54) is 0 Å². The van der Waals surface area contributed by atoms with Crippen LogP contribution in [0.15, 0.2) is 0 Å². The molecule has 0 aromatic carbocycles.